The number of para-hydroxylation sites is 1. The topological polar surface area (TPSA) is 50.8 Å². The Labute approximate surface area is 141 Å². The van der Waals surface area contributed by atoms with E-state index in [0.717, 1.165) is 29.7 Å². The molecule has 1 N–H and O–H groups in total. The van der Waals surface area contributed by atoms with Gasteiger partial charge in [0, 0.05) is 11.7 Å². The molecule has 0 bridgehead atoms. The molecule has 2 aromatic rings. The van der Waals surface area contributed by atoms with Gasteiger partial charge in [-0.25, -0.2) is 0 Å². The van der Waals surface area contributed by atoms with Gasteiger partial charge in [-0.2, -0.15) is 0 Å². The van der Waals surface area contributed by atoms with E-state index in [1.54, 1.807) is 14.2 Å². The van der Waals surface area contributed by atoms with Gasteiger partial charge in [-0.1, -0.05) is 18.2 Å². The largest absolute Gasteiger partial charge is 0.493 e. The number of amides is 1. The molecule has 1 amide bonds. The van der Waals surface area contributed by atoms with Crippen molar-refractivity contribution in [3.63, 3.8) is 0 Å². The van der Waals surface area contributed by atoms with Crippen molar-refractivity contribution in [2.24, 2.45) is 0 Å². The molecule has 4 rings (SSSR count). The van der Waals surface area contributed by atoms with E-state index in [1.807, 2.05) is 47.4 Å². The lowest BCUT2D eigenvalue weighted by Crippen LogP contribution is -2.44. The second-order valence-electron chi connectivity index (χ2n) is 6.15. The maximum Gasteiger partial charge on any atom is 0.258 e. The van der Waals surface area contributed by atoms with Gasteiger partial charge in [-0.15, -0.1) is 0 Å². The molecule has 0 saturated heterocycles. The van der Waals surface area contributed by atoms with E-state index in [0.29, 0.717) is 17.5 Å². The van der Waals surface area contributed by atoms with Crippen molar-refractivity contribution in [1.82, 2.24) is 4.90 Å². The first-order valence-corrected chi connectivity index (χ1v) is 8.13. The lowest BCUT2D eigenvalue weighted by atomic mass is 10.0. The minimum Gasteiger partial charge on any atom is -0.493 e. The number of fused-ring (bicyclic) bond motifs is 1. The van der Waals surface area contributed by atoms with Crippen LogP contribution >= 0.6 is 0 Å². The van der Waals surface area contributed by atoms with Gasteiger partial charge in [0.15, 0.2) is 11.5 Å². The van der Waals surface area contributed by atoms with Crippen LogP contribution in [0.3, 0.4) is 0 Å². The predicted octanol–water partition coefficient (Wildman–Crippen LogP) is 3.43. The summed E-state index contributed by atoms with van der Waals surface area (Å²) >= 11 is 0. The summed E-state index contributed by atoms with van der Waals surface area (Å²) in [6, 6.07) is 13.8. The molecule has 0 aromatic heterocycles. The van der Waals surface area contributed by atoms with Crippen LogP contribution in [0.5, 0.6) is 11.5 Å². The molecule has 2 aromatic carbocycles. The van der Waals surface area contributed by atoms with Gasteiger partial charge in [0.2, 0.25) is 0 Å². The third-order valence-corrected chi connectivity index (χ3v) is 4.63. The normalized spacial score (nSPS) is 19.5. The Balaban J connectivity index is 1.77. The van der Waals surface area contributed by atoms with Crippen LogP contribution < -0.4 is 14.8 Å². The Morgan fingerprint density at radius 3 is 2.50 bits per heavy atom. The SMILES string of the molecule is COc1ccc([C@H]2Nc3ccccc3C(=O)N2C2CC2)cc1OC. The van der Waals surface area contributed by atoms with Crippen LogP contribution in [0, 0.1) is 0 Å². The smallest absolute Gasteiger partial charge is 0.258 e. The van der Waals surface area contributed by atoms with E-state index in [-0.39, 0.29) is 12.1 Å². The lowest BCUT2D eigenvalue weighted by Gasteiger charge is -2.38. The van der Waals surface area contributed by atoms with Crippen LogP contribution in [-0.2, 0) is 0 Å². The first-order valence-electron chi connectivity index (χ1n) is 8.13. The number of carbonyl (C=O) groups excluding carboxylic acids is 1. The Morgan fingerprint density at radius 2 is 1.79 bits per heavy atom. The summed E-state index contributed by atoms with van der Waals surface area (Å²) < 4.78 is 10.7. The van der Waals surface area contributed by atoms with Gasteiger partial charge in [-0.3, -0.25) is 4.79 Å². The number of nitrogens with zero attached hydrogens (tertiary/aromatic N) is 1. The summed E-state index contributed by atoms with van der Waals surface area (Å²) in [6.07, 6.45) is 1.92. The van der Waals surface area contributed by atoms with Crippen LogP contribution in [0.15, 0.2) is 42.5 Å². The van der Waals surface area contributed by atoms with Crippen molar-refractivity contribution in [2.75, 3.05) is 19.5 Å². The molecule has 2 aliphatic rings. The predicted molar refractivity (Wildman–Crippen MR) is 91.5 cm³/mol. The van der Waals surface area contributed by atoms with E-state index in [4.69, 9.17) is 9.47 Å². The maximum absolute atomic E-state index is 13.0. The highest BCUT2D eigenvalue weighted by atomic mass is 16.5. The summed E-state index contributed by atoms with van der Waals surface area (Å²) in [4.78, 5) is 15.0. The number of benzene rings is 2. The minimum absolute atomic E-state index is 0.0895. The number of hydrogen-bond acceptors (Lipinski definition) is 4. The fourth-order valence-corrected chi connectivity index (χ4v) is 3.26. The fraction of sp³-hybridized carbons (Fsp3) is 0.316. The number of anilines is 1. The van der Waals surface area contributed by atoms with Gasteiger partial charge in [0.05, 0.1) is 19.8 Å². The minimum atomic E-state index is -0.195. The van der Waals surface area contributed by atoms with Gasteiger partial charge in [-0.05, 0) is 42.7 Å². The zero-order valence-corrected chi connectivity index (χ0v) is 13.8. The fourth-order valence-electron chi connectivity index (χ4n) is 3.26. The van der Waals surface area contributed by atoms with Crippen LogP contribution in [0.2, 0.25) is 0 Å². The van der Waals surface area contributed by atoms with Gasteiger partial charge in [0.1, 0.15) is 6.17 Å². The van der Waals surface area contributed by atoms with Crippen molar-refractivity contribution in [2.45, 2.75) is 25.0 Å². The molecule has 1 saturated carbocycles. The molecular formula is C19H20N2O3. The molecule has 1 aliphatic heterocycles. The standard InChI is InChI=1S/C19H20N2O3/c1-23-16-10-7-12(11-17(16)24-2)18-20-15-6-4-3-5-14(15)19(22)21(18)13-8-9-13/h3-7,10-11,13,18,20H,8-9H2,1-2H3/t18-/m0/s1. The maximum atomic E-state index is 13.0. The molecule has 0 unspecified atom stereocenters. The van der Waals surface area contributed by atoms with E-state index in [1.165, 1.54) is 0 Å². The third-order valence-electron chi connectivity index (χ3n) is 4.63. The van der Waals surface area contributed by atoms with Crippen molar-refractivity contribution >= 4 is 11.6 Å². The molecule has 124 valence electrons. The van der Waals surface area contributed by atoms with Gasteiger partial charge < -0.3 is 19.7 Å². The van der Waals surface area contributed by atoms with Crippen LogP contribution in [0.25, 0.3) is 0 Å². The number of rotatable bonds is 4. The molecule has 0 spiro atoms. The monoisotopic (exact) mass is 324 g/mol. The van der Waals surface area contributed by atoms with E-state index < -0.39 is 0 Å². The summed E-state index contributed by atoms with van der Waals surface area (Å²) in [5.74, 6) is 1.44. The summed E-state index contributed by atoms with van der Waals surface area (Å²) in [5.41, 5.74) is 2.60. The number of carbonyl (C=O) groups is 1. The molecule has 1 aliphatic carbocycles. The summed E-state index contributed by atoms with van der Waals surface area (Å²) in [7, 11) is 3.24. The first kappa shape index (κ1) is 14.9. The molecule has 24 heavy (non-hydrogen) atoms. The van der Waals surface area contributed by atoms with Gasteiger partial charge >= 0.3 is 0 Å². The zero-order valence-electron chi connectivity index (χ0n) is 13.8. The first-order chi connectivity index (χ1) is 11.7. The number of hydrogen-bond donors (Lipinski definition) is 1. The highest BCUT2D eigenvalue weighted by Crippen LogP contribution is 2.42. The second kappa shape index (κ2) is 5.74. The molecule has 5 heteroatoms. The highest BCUT2D eigenvalue weighted by molar-refractivity contribution is 6.02. The lowest BCUT2D eigenvalue weighted by molar-refractivity contribution is 0.0666. The second-order valence-corrected chi connectivity index (χ2v) is 6.15. The molecule has 0 radical (unpaired) electrons. The highest BCUT2D eigenvalue weighted by Gasteiger charge is 2.42. The molecule has 1 atom stereocenters. The third kappa shape index (κ3) is 2.37. The zero-order chi connectivity index (χ0) is 16.7. The van der Waals surface area contributed by atoms with Crippen LogP contribution in [0.4, 0.5) is 5.69 Å². The number of methoxy groups -OCH3 is 2. The molecular weight excluding hydrogens is 304 g/mol. The van der Waals surface area contributed by atoms with E-state index in [9.17, 15) is 4.79 Å². The van der Waals surface area contributed by atoms with E-state index >= 15 is 0 Å². The Bertz CT molecular complexity index is 786. The molecule has 1 heterocycles. The van der Waals surface area contributed by atoms with E-state index in [2.05, 4.69) is 5.32 Å². The molecule has 1 fully saturated rings. The Hall–Kier alpha value is -2.69. The van der Waals surface area contributed by atoms with Crippen LogP contribution in [-0.4, -0.2) is 31.1 Å². The Morgan fingerprint density at radius 1 is 1.04 bits per heavy atom. The average molecular weight is 324 g/mol. The quantitative estimate of drug-likeness (QED) is 0.936. The Kier molecular flexibility index (Phi) is 3.56. The molecule has 5 nitrogen and oxygen atoms in total. The van der Waals surface area contributed by atoms with Crippen molar-refractivity contribution in [1.29, 1.82) is 0 Å². The van der Waals surface area contributed by atoms with Crippen molar-refractivity contribution in [3.05, 3.63) is 53.6 Å². The average Bonchev–Trinajstić information content (AvgIpc) is 3.46. The summed E-state index contributed by atoms with van der Waals surface area (Å²) in [5, 5.41) is 3.51. The number of nitrogens with one attached hydrogen (secondary N) is 1. The van der Waals surface area contributed by atoms with Crippen molar-refractivity contribution in [3.8, 4) is 11.5 Å². The van der Waals surface area contributed by atoms with Crippen LogP contribution in [0.1, 0.15) is 34.9 Å². The van der Waals surface area contributed by atoms with Crippen molar-refractivity contribution < 1.29 is 14.3 Å². The summed E-state index contributed by atoms with van der Waals surface area (Å²) in [6.45, 7) is 0. The van der Waals surface area contributed by atoms with Gasteiger partial charge in [0.25, 0.3) is 5.91 Å². The number of ether oxygens (including phenoxy) is 2.